The molecule has 8 heteroatoms. The summed E-state index contributed by atoms with van der Waals surface area (Å²) in [6.07, 6.45) is 2.47. The molecule has 0 aliphatic carbocycles. The van der Waals surface area contributed by atoms with E-state index in [4.69, 9.17) is 14.2 Å². The summed E-state index contributed by atoms with van der Waals surface area (Å²) < 4.78 is 15.8. The van der Waals surface area contributed by atoms with E-state index in [1.807, 2.05) is 6.92 Å². The number of rotatable bonds is 6. The highest BCUT2D eigenvalue weighted by Crippen LogP contribution is 2.34. The summed E-state index contributed by atoms with van der Waals surface area (Å²) in [5.41, 5.74) is 0.848. The van der Waals surface area contributed by atoms with Gasteiger partial charge in [0.1, 0.15) is 0 Å². The molecule has 1 fully saturated rings. The van der Waals surface area contributed by atoms with Crippen LogP contribution in [0, 0.1) is 0 Å². The maximum absolute atomic E-state index is 12.5. The summed E-state index contributed by atoms with van der Waals surface area (Å²) in [5, 5.41) is 2.53. The Morgan fingerprint density at radius 1 is 1.27 bits per heavy atom. The van der Waals surface area contributed by atoms with Gasteiger partial charge in [0, 0.05) is 18.7 Å². The number of imide groups is 1. The monoisotopic (exact) mass is 362 g/mol. The van der Waals surface area contributed by atoms with Gasteiger partial charge >= 0.3 is 12.0 Å². The zero-order chi connectivity index (χ0) is 19.3. The van der Waals surface area contributed by atoms with Crippen LogP contribution in [0.2, 0.25) is 0 Å². The molecule has 3 amide bonds. The van der Waals surface area contributed by atoms with Gasteiger partial charge in [-0.2, -0.15) is 0 Å². The van der Waals surface area contributed by atoms with Crippen LogP contribution in [0.3, 0.4) is 0 Å². The van der Waals surface area contributed by atoms with E-state index in [0.717, 1.165) is 4.90 Å². The molecule has 1 unspecified atom stereocenters. The number of carbonyl (C=O) groups is 3. The van der Waals surface area contributed by atoms with Crippen molar-refractivity contribution in [3.05, 3.63) is 29.3 Å². The zero-order valence-corrected chi connectivity index (χ0v) is 15.2. The number of nitrogens with one attached hydrogen (secondary N) is 1. The highest BCUT2D eigenvalue weighted by molar-refractivity contribution is 5.99. The van der Waals surface area contributed by atoms with Crippen LogP contribution in [0.4, 0.5) is 4.79 Å². The van der Waals surface area contributed by atoms with Crippen LogP contribution in [-0.2, 0) is 9.53 Å². The number of allylic oxidation sites excluding steroid dienone is 1. The van der Waals surface area contributed by atoms with Crippen LogP contribution < -0.4 is 14.8 Å². The van der Waals surface area contributed by atoms with Crippen LogP contribution in [0.15, 0.2) is 18.2 Å². The quantitative estimate of drug-likeness (QED) is 0.776. The number of ether oxygens (including phenoxy) is 3. The fourth-order valence-electron chi connectivity index (χ4n) is 2.60. The number of hydrogen-bond donors (Lipinski definition) is 1. The van der Waals surface area contributed by atoms with E-state index in [9.17, 15) is 14.4 Å². The average molecular weight is 362 g/mol. The molecule has 0 saturated carbocycles. The Kier molecular flexibility index (Phi) is 6.21. The smallest absolute Gasteiger partial charge is 0.339 e. The SMILES string of the molecule is CC=Cc1cc(C(=O)OC(C)C(=O)N2CCNC2=O)cc(OC)c1OC. The van der Waals surface area contributed by atoms with Gasteiger partial charge in [0.15, 0.2) is 17.6 Å². The third kappa shape index (κ3) is 3.96. The van der Waals surface area contributed by atoms with Gasteiger partial charge in [-0.05, 0) is 26.0 Å². The average Bonchev–Trinajstić information content (AvgIpc) is 3.06. The molecule has 140 valence electrons. The first-order chi connectivity index (χ1) is 12.4. The fraction of sp³-hybridized carbons (Fsp3) is 0.389. The summed E-state index contributed by atoms with van der Waals surface area (Å²) in [6, 6.07) is 2.58. The van der Waals surface area contributed by atoms with Gasteiger partial charge in [0.2, 0.25) is 0 Å². The maximum Gasteiger partial charge on any atom is 0.339 e. The maximum atomic E-state index is 12.5. The molecular formula is C18H22N2O6. The van der Waals surface area contributed by atoms with Gasteiger partial charge in [-0.1, -0.05) is 12.2 Å². The number of nitrogens with zero attached hydrogens (tertiary/aromatic N) is 1. The second kappa shape index (κ2) is 8.37. The fourth-order valence-corrected chi connectivity index (χ4v) is 2.60. The molecule has 0 bridgehead atoms. The molecule has 1 aliphatic rings. The summed E-state index contributed by atoms with van der Waals surface area (Å²) in [7, 11) is 2.97. The van der Waals surface area contributed by atoms with Crippen molar-refractivity contribution in [3.63, 3.8) is 0 Å². The molecule has 1 atom stereocenters. The van der Waals surface area contributed by atoms with Crippen LogP contribution in [0.1, 0.15) is 29.8 Å². The van der Waals surface area contributed by atoms with Crippen molar-refractivity contribution in [2.45, 2.75) is 20.0 Å². The van der Waals surface area contributed by atoms with Gasteiger partial charge < -0.3 is 19.5 Å². The number of benzene rings is 1. The van der Waals surface area contributed by atoms with Crippen LogP contribution in [0.5, 0.6) is 11.5 Å². The van der Waals surface area contributed by atoms with E-state index in [2.05, 4.69) is 5.32 Å². The molecule has 26 heavy (non-hydrogen) atoms. The molecule has 8 nitrogen and oxygen atoms in total. The topological polar surface area (TPSA) is 94.2 Å². The lowest BCUT2D eigenvalue weighted by atomic mass is 10.1. The van der Waals surface area contributed by atoms with Crippen LogP contribution >= 0.6 is 0 Å². The Labute approximate surface area is 151 Å². The van der Waals surface area contributed by atoms with E-state index >= 15 is 0 Å². The van der Waals surface area contributed by atoms with E-state index in [1.165, 1.54) is 27.2 Å². The van der Waals surface area contributed by atoms with Crippen molar-refractivity contribution in [3.8, 4) is 11.5 Å². The highest BCUT2D eigenvalue weighted by atomic mass is 16.5. The Hall–Kier alpha value is -3.03. The predicted molar refractivity (Wildman–Crippen MR) is 94.2 cm³/mol. The lowest BCUT2D eigenvalue weighted by Crippen LogP contribution is -2.41. The van der Waals surface area contributed by atoms with Gasteiger partial charge in [0.05, 0.1) is 19.8 Å². The molecule has 1 N–H and O–H groups in total. The van der Waals surface area contributed by atoms with Crippen molar-refractivity contribution >= 4 is 24.0 Å². The first-order valence-electron chi connectivity index (χ1n) is 8.11. The van der Waals surface area contributed by atoms with Gasteiger partial charge in [-0.25, -0.2) is 9.59 Å². The number of urea groups is 1. The lowest BCUT2D eigenvalue weighted by Gasteiger charge is -2.19. The van der Waals surface area contributed by atoms with E-state index in [-0.39, 0.29) is 12.1 Å². The molecular weight excluding hydrogens is 340 g/mol. The van der Waals surface area contributed by atoms with Crippen LogP contribution in [-0.4, -0.2) is 56.2 Å². The Morgan fingerprint density at radius 3 is 2.54 bits per heavy atom. The van der Waals surface area contributed by atoms with Crippen molar-refractivity contribution < 1.29 is 28.6 Å². The first-order valence-corrected chi connectivity index (χ1v) is 8.11. The van der Waals surface area contributed by atoms with E-state index in [1.54, 1.807) is 18.2 Å². The number of methoxy groups -OCH3 is 2. The number of carbonyl (C=O) groups excluding carboxylic acids is 3. The molecule has 1 aromatic rings. The highest BCUT2D eigenvalue weighted by Gasteiger charge is 2.32. The number of esters is 1. The van der Waals surface area contributed by atoms with Gasteiger partial charge in [-0.15, -0.1) is 0 Å². The zero-order valence-electron chi connectivity index (χ0n) is 15.2. The minimum atomic E-state index is -1.09. The minimum Gasteiger partial charge on any atom is -0.493 e. The van der Waals surface area contributed by atoms with Crippen molar-refractivity contribution in [1.82, 2.24) is 10.2 Å². The van der Waals surface area contributed by atoms with Crippen LogP contribution in [0.25, 0.3) is 6.08 Å². The first kappa shape index (κ1) is 19.3. The predicted octanol–water partition coefficient (Wildman–Crippen LogP) is 1.83. The third-order valence-electron chi connectivity index (χ3n) is 3.84. The Bertz CT molecular complexity index is 743. The minimum absolute atomic E-state index is 0.210. The standard InChI is InChI=1S/C18H22N2O6/c1-5-6-12-9-13(10-14(24-3)15(12)25-4)17(22)26-11(2)16(21)20-8-7-19-18(20)23/h5-6,9-11H,7-8H2,1-4H3,(H,19,23). The molecule has 0 radical (unpaired) electrons. The number of hydrogen-bond acceptors (Lipinski definition) is 6. The van der Waals surface area contributed by atoms with Crippen molar-refractivity contribution in [1.29, 1.82) is 0 Å². The Morgan fingerprint density at radius 2 is 2.00 bits per heavy atom. The molecule has 2 rings (SSSR count). The van der Waals surface area contributed by atoms with Crippen molar-refractivity contribution in [2.24, 2.45) is 0 Å². The summed E-state index contributed by atoms with van der Waals surface area (Å²) in [6.45, 7) is 3.90. The summed E-state index contributed by atoms with van der Waals surface area (Å²) >= 11 is 0. The molecule has 0 aromatic heterocycles. The lowest BCUT2D eigenvalue weighted by molar-refractivity contribution is -0.136. The largest absolute Gasteiger partial charge is 0.493 e. The van der Waals surface area contributed by atoms with Gasteiger partial charge in [-0.3, -0.25) is 9.69 Å². The van der Waals surface area contributed by atoms with Crippen molar-refractivity contribution in [2.75, 3.05) is 27.3 Å². The third-order valence-corrected chi connectivity index (χ3v) is 3.84. The van der Waals surface area contributed by atoms with E-state index in [0.29, 0.717) is 23.6 Å². The molecule has 1 aromatic carbocycles. The normalized spacial score (nSPS) is 14.9. The molecule has 1 heterocycles. The molecule has 1 saturated heterocycles. The van der Waals surface area contributed by atoms with Gasteiger partial charge in [0.25, 0.3) is 5.91 Å². The summed E-state index contributed by atoms with van der Waals surface area (Å²) in [4.78, 5) is 37.3. The molecule has 0 spiro atoms. The Balaban J connectivity index is 2.22. The summed E-state index contributed by atoms with van der Waals surface area (Å²) in [5.74, 6) is -0.410. The second-order valence-electron chi connectivity index (χ2n) is 5.57. The van der Waals surface area contributed by atoms with E-state index < -0.39 is 24.0 Å². The number of amides is 3. The molecule has 1 aliphatic heterocycles. The second-order valence-corrected chi connectivity index (χ2v) is 5.57.